The van der Waals surface area contributed by atoms with E-state index in [2.05, 4.69) is 22.2 Å². The highest BCUT2D eigenvalue weighted by Gasteiger charge is 2.15. The van der Waals surface area contributed by atoms with Gasteiger partial charge < -0.3 is 10.6 Å². The first kappa shape index (κ1) is 14.4. The van der Waals surface area contributed by atoms with Gasteiger partial charge in [-0.05, 0) is 23.8 Å². The molecule has 3 rings (SSSR count). The highest BCUT2D eigenvalue weighted by atomic mass is 35.5. The van der Waals surface area contributed by atoms with Gasteiger partial charge in [0.05, 0.1) is 5.69 Å². The molecule has 1 amide bonds. The van der Waals surface area contributed by atoms with Crippen LogP contribution in [0.25, 0.3) is 11.1 Å². The van der Waals surface area contributed by atoms with Crippen molar-refractivity contribution >= 4 is 35.1 Å². The summed E-state index contributed by atoms with van der Waals surface area (Å²) in [4.78, 5) is 15.6. The van der Waals surface area contributed by atoms with Crippen LogP contribution in [0.3, 0.4) is 0 Å². The Labute approximate surface area is 133 Å². The largest absolute Gasteiger partial charge is 0.350 e. The number of hydrogen-bond acceptors (Lipinski definition) is 3. The van der Waals surface area contributed by atoms with E-state index in [4.69, 9.17) is 11.6 Å². The number of hydrogen-bond donors (Lipinski definition) is 2. The number of aliphatic imine (C=N–C) groups is 1. The third-order valence-electron chi connectivity index (χ3n) is 3.33. The van der Waals surface area contributed by atoms with Crippen LogP contribution in [0.1, 0.15) is 5.56 Å². The van der Waals surface area contributed by atoms with Crippen molar-refractivity contribution in [2.75, 3.05) is 10.6 Å². The van der Waals surface area contributed by atoms with E-state index in [9.17, 15) is 4.79 Å². The summed E-state index contributed by atoms with van der Waals surface area (Å²) in [7, 11) is 0. The molecule has 1 atom stereocenters. The summed E-state index contributed by atoms with van der Waals surface area (Å²) in [6.07, 6.45) is 3.00. The summed E-state index contributed by atoms with van der Waals surface area (Å²) >= 11 is 6.05. The molecular formula is C17H14ClN3O. The second-order valence-corrected chi connectivity index (χ2v) is 5.22. The van der Waals surface area contributed by atoms with Crippen LogP contribution in [0.4, 0.5) is 11.4 Å². The first-order chi connectivity index (χ1) is 10.7. The number of benzene rings is 2. The lowest BCUT2D eigenvalue weighted by Gasteiger charge is -2.20. The van der Waals surface area contributed by atoms with Crippen LogP contribution in [0, 0.1) is 0 Å². The van der Waals surface area contributed by atoms with Crippen LogP contribution in [0.5, 0.6) is 0 Å². The Hall–Kier alpha value is -2.59. The van der Waals surface area contributed by atoms with Gasteiger partial charge in [-0.25, -0.2) is 0 Å². The average molecular weight is 312 g/mol. The van der Waals surface area contributed by atoms with Crippen molar-refractivity contribution < 1.29 is 4.79 Å². The molecule has 1 heterocycles. The van der Waals surface area contributed by atoms with E-state index in [1.54, 1.807) is 6.21 Å². The highest BCUT2D eigenvalue weighted by Crippen LogP contribution is 2.34. The molecule has 0 radical (unpaired) electrons. The molecule has 0 fully saturated rings. The van der Waals surface area contributed by atoms with Gasteiger partial charge in [0.1, 0.15) is 0 Å². The first-order valence-electron chi connectivity index (χ1n) is 6.78. The molecule has 110 valence electrons. The average Bonchev–Trinajstić information content (AvgIpc) is 2.54. The molecule has 2 N–H and O–H groups in total. The number of nitrogens with one attached hydrogen (secondary N) is 2. The van der Waals surface area contributed by atoms with Crippen molar-refractivity contribution in [1.29, 1.82) is 0 Å². The predicted octanol–water partition coefficient (Wildman–Crippen LogP) is 3.84. The third kappa shape index (κ3) is 2.87. The van der Waals surface area contributed by atoms with Gasteiger partial charge in [0.2, 0.25) is 5.91 Å². The van der Waals surface area contributed by atoms with Crippen LogP contribution in [0.2, 0.25) is 0 Å². The van der Waals surface area contributed by atoms with Crippen LogP contribution in [0.15, 0.2) is 60.1 Å². The Balaban J connectivity index is 2.02. The lowest BCUT2D eigenvalue weighted by atomic mass is 9.99. The molecule has 1 unspecified atom stereocenters. The number of rotatable bonds is 3. The van der Waals surface area contributed by atoms with E-state index in [0.717, 1.165) is 22.4 Å². The van der Waals surface area contributed by atoms with E-state index < -0.39 is 5.62 Å². The summed E-state index contributed by atoms with van der Waals surface area (Å²) in [5.74, 6) is -0.238. The normalized spacial score (nSPS) is 15.6. The Morgan fingerprint density at radius 1 is 1.32 bits per heavy atom. The molecule has 0 bridgehead atoms. The summed E-state index contributed by atoms with van der Waals surface area (Å²) < 4.78 is 0. The molecule has 5 heteroatoms. The molecular weight excluding hydrogens is 298 g/mol. The fraction of sp³-hybridized carbons (Fsp3) is 0.0588. The molecule has 1 aliphatic rings. The molecule has 1 aliphatic heterocycles. The number of anilines is 2. The van der Waals surface area contributed by atoms with Crippen molar-refractivity contribution in [3.63, 3.8) is 0 Å². The Bertz CT molecular complexity index is 770. The smallest absolute Gasteiger partial charge is 0.247 e. The van der Waals surface area contributed by atoms with E-state index in [1.165, 1.54) is 6.08 Å². The van der Waals surface area contributed by atoms with Crippen LogP contribution >= 0.6 is 11.6 Å². The molecule has 0 aromatic heterocycles. The van der Waals surface area contributed by atoms with E-state index in [-0.39, 0.29) is 5.91 Å². The first-order valence-corrected chi connectivity index (χ1v) is 7.21. The van der Waals surface area contributed by atoms with E-state index in [0.29, 0.717) is 5.69 Å². The van der Waals surface area contributed by atoms with Gasteiger partial charge in [0.15, 0.2) is 5.62 Å². The minimum absolute atomic E-state index is 0.238. The van der Waals surface area contributed by atoms with Crippen LogP contribution < -0.4 is 10.6 Å². The maximum Gasteiger partial charge on any atom is 0.247 e. The molecule has 0 saturated heterocycles. The number of alkyl halides is 1. The van der Waals surface area contributed by atoms with Gasteiger partial charge in [-0.3, -0.25) is 9.79 Å². The molecule has 0 spiro atoms. The zero-order chi connectivity index (χ0) is 15.5. The minimum Gasteiger partial charge on any atom is -0.350 e. The monoisotopic (exact) mass is 311 g/mol. The molecule has 0 aliphatic carbocycles. The van der Waals surface area contributed by atoms with Gasteiger partial charge in [-0.1, -0.05) is 48.5 Å². The van der Waals surface area contributed by atoms with Crippen LogP contribution in [-0.2, 0) is 4.79 Å². The number of fused-ring (bicyclic) bond motifs is 1. The lowest BCUT2D eigenvalue weighted by Crippen LogP contribution is -2.16. The molecule has 2 aromatic rings. The fourth-order valence-corrected chi connectivity index (χ4v) is 2.50. The van der Waals surface area contributed by atoms with Crippen molar-refractivity contribution in [3.8, 4) is 11.1 Å². The van der Waals surface area contributed by atoms with Gasteiger partial charge in [-0.15, -0.1) is 0 Å². The predicted molar refractivity (Wildman–Crippen MR) is 91.6 cm³/mol. The van der Waals surface area contributed by atoms with Gasteiger partial charge in [-0.2, -0.15) is 0 Å². The molecule has 2 aromatic carbocycles. The van der Waals surface area contributed by atoms with Crippen molar-refractivity contribution in [1.82, 2.24) is 0 Å². The summed E-state index contributed by atoms with van der Waals surface area (Å²) in [6, 6.07) is 13.6. The summed E-state index contributed by atoms with van der Waals surface area (Å²) in [5.41, 5.74) is 4.14. The number of carbonyl (C=O) groups excluding carboxylic acids is 1. The van der Waals surface area contributed by atoms with Crippen molar-refractivity contribution in [2.45, 2.75) is 5.62 Å². The number of halogens is 1. The zero-order valence-electron chi connectivity index (χ0n) is 11.7. The van der Waals surface area contributed by atoms with Crippen molar-refractivity contribution in [3.05, 3.63) is 60.7 Å². The van der Waals surface area contributed by atoms with Crippen molar-refractivity contribution in [2.24, 2.45) is 4.99 Å². The topological polar surface area (TPSA) is 53.5 Å². The minimum atomic E-state index is -0.475. The number of nitrogens with zero attached hydrogens (tertiary/aromatic N) is 1. The molecule has 22 heavy (non-hydrogen) atoms. The van der Waals surface area contributed by atoms with E-state index in [1.807, 2.05) is 42.5 Å². The lowest BCUT2D eigenvalue weighted by molar-refractivity contribution is -0.111. The standard InChI is InChI=1S/C17H14ClN3O/c1-2-15(22)20-13-7-3-5-11(9-13)14-8-4-6-12-10-19-17(18)21-16(12)14/h2-10,17,21H,1H2,(H,20,22). The number of amides is 1. The number of carbonyl (C=O) groups is 1. The quantitative estimate of drug-likeness (QED) is 0.514. The van der Waals surface area contributed by atoms with Gasteiger partial charge >= 0.3 is 0 Å². The maximum atomic E-state index is 11.4. The fourth-order valence-electron chi connectivity index (χ4n) is 2.34. The third-order valence-corrected chi connectivity index (χ3v) is 3.55. The second-order valence-electron chi connectivity index (χ2n) is 4.80. The highest BCUT2D eigenvalue weighted by molar-refractivity contribution is 6.23. The summed E-state index contributed by atoms with van der Waals surface area (Å²) in [6.45, 7) is 3.45. The Kier molecular flexibility index (Phi) is 3.94. The van der Waals surface area contributed by atoms with Gasteiger partial charge in [0, 0.05) is 23.0 Å². The summed E-state index contributed by atoms with van der Waals surface area (Å²) in [5, 5.41) is 5.92. The van der Waals surface area contributed by atoms with Gasteiger partial charge in [0.25, 0.3) is 0 Å². The maximum absolute atomic E-state index is 11.4. The van der Waals surface area contributed by atoms with Crippen LogP contribution in [-0.4, -0.2) is 17.7 Å². The Morgan fingerprint density at radius 3 is 2.95 bits per heavy atom. The molecule has 4 nitrogen and oxygen atoms in total. The Morgan fingerprint density at radius 2 is 2.14 bits per heavy atom. The van der Waals surface area contributed by atoms with E-state index >= 15 is 0 Å². The zero-order valence-corrected chi connectivity index (χ0v) is 12.5. The number of para-hydroxylation sites is 1. The SMILES string of the molecule is C=CC(=O)Nc1cccc(-c2cccc3c2NC(Cl)N=C3)c1. The second kappa shape index (κ2) is 6.03. The molecule has 0 saturated carbocycles.